The number of benzene rings is 3. The lowest BCUT2D eigenvalue weighted by Crippen LogP contribution is -2.23. The first-order chi connectivity index (χ1) is 13.3. The Morgan fingerprint density at radius 1 is 0.889 bits per heavy atom. The molecule has 2 aliphatic heterocycles. The van der Waals surface area contributed by atoms with Crippen molar-refractivity contribution < 1.29 is 19.0 Å². The molecule has 0 fully saturated rings. The molecule has 5 rings (SSSR count). The Morgan fingerprint density at radius 2 is 1.67 bits per heavy atom. The van der Waals surface area contributed by atoms with E-state index < -0.39 is 0 Å². The lowest BCUT2D eigenvalue weighted by molar-refractivity contribution is -0.116. The fourth-order valence-electron chi connectivity index (χ4n) is 3.57. The van der Waals surface area contributed by atoms with Crippen LogP contribution in [0.1, 0.15) is 23.5 Å². The highest BCUT2D eigenvalue weighted by Gasteiger charge is 2.30. The molecule has 0 radical (unpaired) electrons. The third kappa shape index (κ3) is 2.97. The van der Waals surface area contributed by atoms with Gasteiger partial charge in [0.15, 0.2) is 11.5 Å². The second kappa shape index (κ2) is 6.36. The minimum absolute atomic E-state index is 0.0132. The molecule has 0 unspecified atom stereocenters. The maximum Gasteiger partial charge on any atom is 0.231 e. The van der Waals surface area contributed by atoms with Crippen LogP contribution in [0.15, 0.2) is 66.7 Å². The Balaban J connectivity index is 1.52. The summed E-state index contributed by atoms with van der Waals surface area (Å²) in [7, 11) is 0. The van der Waals surface area contributed by atoms with Crippen molar-refractivity contribution in [3.8, 4) is 23.0 Å². The second-order valence-corrected chi connectivity index (χ2v) is 6.59. The number of carbonyl (C=O) groups is 1. The van der Waals surface area contributed by atoms with Crippen molar-refractivity contribution in [2.75, 3.05) is 12.1 Å². The van der Waals surface area contributed by atoms with E-state index in [1.165, 1.54) is 0 Å². The molecule has 2 aliphatic rings. The Bertz CT molecular complexity index is 1020. The van der Waals surface area contributed by atoms with E-state index >= 15 is 0 Å². The maximum absolute atomic E-state index is 12.3. The minimum Gasteiger partial charge on any atom is -0.457 e. The molecule has 1 atom stereocenters. The molecule has 3 aromatic rings. The van der Waals surface area contributed by atoms with Gasteiger partial charge in [0.05, 0.1) is 0 Å². The number of carbonyl (C=O) groups excluding carboxylic acids is 1. The van der Waals surface area contributed by atoms with Gasteiger partial charge in [-0.05, 0) is 41.5 Å². The smallest absolute Gasteiger partial charge is 0.231 e. The molecule has 134 valence electrons. The van der Waals surface area contributed by atoms with Gasteiger partial charge in [0.2, 0.25) is 12.7 Å². The van der Waals surface area contributed by atoms with Gasteiger partial charge in [0.1, 0.15) is 11.5 Å². The molecule has 0 saturated heterocycles. The predicted octanol–water partition coefficient (Wildman–Crippen LogP) is 4.68. The van der Waals surface area contributed by atoms with Crippen LogP contribution in [-0.4, -0.2) is 12.7 Å². The standard InChI is InChI=1S/C22H17NO4/c24-22-11-17(18-10-20-21(26-13-25-20)12-19(18)23-22)14-5-4-8-16(9-14)27-15-6-2-1-3-7-15/h1-10,12,17H,11,13H2,(H,23,24)/t17-/m1/s1. The summed E-state index contributed by atoms with van der Waals surface area (Å²) in [6.45, 7) is 0.206. The summed E-state index contributed by atoms with van der Waals surface area (Å²) in [5, 5.41) is 2.94. The molecular formula is C22H17NO4. The molecule has 1 N–H and O–H groups in total. The first-order valence-corrected chi connectivity index (χ1v) is 8.82. The lowest BCUT2D eigenvalue weighted by atomic mass is 9.84. The lowest BCUT2D eigenvalue weighted by Gasteiger charge is -2.26. The topological polar surface area (TPSA) is 56.8 Å². The number of hydrogen-bond donors (Lipinski definition) is 1. The molecule has 0 saturated carbocycles. The largest absolute Gasteiger partial charge is 0.457 e. The SMILES string of the molecule is O=C1C[C@H](c2cccc(Oc3ccccc3)c2)c2cc3c(cc2N1)OCO3. The van der Waals surface area contributed by atoms with Crippen molar-refractivity contribution in [1.82, 2.24) is 0 Å². The zero-order chi connectivity index (χ0) is 18.2. The highest BCUT2D eigenvalue weighted by atomic mass is 16.7. The van der Waals surface area contributed by atoms with Gasteiger partial charge in [-0.3, -0.25) is 4.79 Å². The van der Waals surface area contributed by atoms with E-state index in [1.54, 1.807) is 0 Å². The van der Waals surface area contributed by atoms with Crippen molar-refractivity contribution >= 4 is 11.6 Å². The van der Waals surface area contributed by atoms with Gasteiger partial charge in [-0.15, -0.1) is 0 Å². The molecular weight excluding hydrogens is 342 g/mol. The fraction of sp³-hybridized carbons (Fsp3) is 0.136. The molecule has 27 heavy (non-hydrogen) atoms. The van der Waals surface area contributed by atoms with Gasteiger partial charge in [-0.2, -0.15) is 0 Å². The number of nitrogens with one attached hydrogen (secondary N) is 1. The average Bonchev–Trinajstić information content (AvgIpc) is 3.14. The van der Waals surface area contributed by atoms with E-state index in [4.69, 9.17) is 14.2 Å². The zero-order valence-electron chi connectivity index (χ0n) is 14.5. The van der Waals surface area contributed by atoms with Crippen LogP contribution in [-0.2, 0) is 4.79 Å². The molecule has 0 aliphatic carbocycles. The highest BCUT2D eigenvalue weighted by Crippen LogP contribution is 2.45. The van der Waals surface area contributed by atoms with E-state index in [9.17, 15) is 4.79 Å². The number of amides is 1. The summed E-state index contributed by atoms with van der Waals surface area (Å²) in [6.07, 6.45) is 0.376. The Hall–Kier alpha value is -3.47. The van der Waals surface area contributed by atoms with E-state index in [1.807, 2.05) is 66.7 Å². The molecule has 5 nitrogen and oxygen atoms in total. The number of rotatable bonds is 3. The number of hydrogen-bond acceptors (Lipinski definition) is 4. The minimum atomic E-state index is -0.0671. The predicted molar refractivity (Wildman–Crippen MR) is 101 cm³/mol. The summed E-state index contributed by atoms with van der Waals surface area (Å²) >= 11 is 0. The summed E-state index contributed by atoms with van der Waals surface area (Å²) in [4.78, 5) is 12.3. The molecule has 2 heterocycles. The summed E-state index contributed by atoms with van der Waals surface area (Å²) in [5.41, 5.74) is 2.82. The van der Waals surface area contributed by atoms with Crippen LogP contribution in [0.25, 0.3) is 0 Å². The molecule has 5 heteroatoms. The van der Waals surface area contributed by atoms with Crippen molar-refractivity contribution in [2.24, 2.45) is 0 Å². The van der Waals surface area contributed by atoms with Crippen molar-refractivity contribution in [1.29, 1.82) is 0 Å². The van der Waals surface area contributed by atoms with Crippen LogP contribution in [0, 0.1) is 0 Å². The van der Waals surface area contributed by atoms with E-state index in [0.29, 0.717) is 17.9 Å². The Morgan fingerprint density at radius 3 is 2.52 bits per heavy atom. The van der Waals surface area contributed by atoms with Crippen LogP contribution in [0.5, 0.6) is 23.0 Å². The van der Waals surface area contributed by atoms with Crippen LogP contribution in [0.2, 0.25) is 0 Å². The van der Waals surface area contributed by atoms with E-state index in [-0.39, 0.29) is 18.6 Å². The zero-order valence-corrected chi connectivity index (χ0v) is 14.5. The monoisotopic (exact) mass is 359 g/mol. The maximum atomic E-state index is 12.3. The van der Waals surface area contributed by atoms with Gasteiger partial charge in [-0.1, -0.05) is 30.3 Å². The van der Waals surface area contributed by atoms with Crippen molar-refractivity contribution in [2.45, 2.75) is 12.3 Å². The number of para-hydroxylation sites is 1. The van der Waals surface area contributed by atoms with E-state index in [2.05, 4.69) is 5.32 Å². The third-order valence-corrected chi connectivity index (χ3v) is 4.82. The van der Waals surface area contributed by atoms with Gasteiger partial charge in [0.25, 0.3) is 0 Å². The molecule has 3 aromatic carbocycles. The summed E-state index contributed by atoms with van der Waals surface area (Å²) in [6, 6.07) is 21.3. The normalized spacial score (nSPS) is 17.2. The number of ether oxygens (including phenoxy) is 3. The average molecular weight is 359 g/mol. The Kier molecular flexibility index (Phi) is 3.71. The van der Waals surface area contributed by atoms with Gasteiger partial charge < -0.3 is 19.5 Å². The number of fused-ring (bicyclic) bond motifs is 2. The van der Waals surface area contributed by atoms with Crippen LogP contribution in [0.4, 0.5) is 5.69 Å². The second-order valence-electron chi connectivity index (χ2n) is 6.59. The first kappa shape index (κ1) is 15.8. The fourth-order valence-corrected chi connectivity index (χ4v) is 3.57. The molecule has 0 spiro atoms. The molecule has 1 amide bonds. The first-order valence-electron chi connectivity index (χ1n) is 8.82. The highest BCUT2D eigenvalue weighted by molar-refractivity contribution is 5.96. The van der Waals surface area contributed by atoms with Gasteiger partial charge in [0, 0.05) is 24.1 Å². The summed E-state index contributed by atoms with van der Waals surface area (Å²) in [5.74, 6) is 2.82. The van der Waals surface area contributed by atoms with Crippen LogP contribution >= 0.6 is 0 Å². The third-order valence-electron chi connectivity index (χ3n) is 4.82. The van der Waals surface area contributed by atoms with Crippen LogP contribution < -0.4 is 19.5 Å². The van der Waals surface area contributed by atoms with Gasteiger partial charge >= 0.3 is 0 Å². The van der Waals surface area contributed by atoms with Crippen molar-refractivity contribution in [3.63, 3.8) is 0 Å². The quantitative estimate of drug-likeness (QED) is 0.738. The molecule has 0 bridgehead atoms. The molecule has 0 aromatic heterocycles. The number of anilines is 1. The van der Waals surface area contributed by atoms with Gasteiger partial charge in [-0.25, -0.2) is 0 Å². The van der Waals surface area contributed by atoms with Crippen molar-refractivity contribution in [3.05, 3.63) is 77.9 Å². The van der Waals surface area contributed by atoms with Crippen LogP contribution in [0.3, 0.4) is 0 Å². The summed E-state index contributed by atoms with van der Waals surface area (Å²) < 4.78 is 16.9. The Labute approximate surface area is 156 Å². The van der Waals surface area contributed by atoms with E-state index in [0.717, 1.165) is 28.3 Å².